The van der Waals surface area contributed by atoms with Gasteiger partial charge in [0.05, 0.1) is 0 Å². The second-order valence-electron chi connectivity index (χ2n) is 4.30. The van der Waals surface area contributed by atoms with Crippen molar-refractivity contribution in [3.8, 4) is 0 Å². The summed E-state index contributed by atoms with van der Waals surface area (Å²) in [6, 6.07) is 0. The molecule has 0 atom stereocenters. The lowest BCUT2D eigenvalue weighted by molar-refractivity contribution is -0.129. The minimum atomic E-state index is -1.18. The molecule has 0 saturated heterocycles. The molecule has 8 heteroatoms. The summed E-state index contributed by atoms with van der Waals surface area (Å²) < 4.78 is 0. The fourth-order valence-electron chi connectivity index (χ4n) is 1.85. The lowest BCUT2D eigenvalue weighted by Crippen LogP contribution is -2.22. The second kappa shape index (κ2) is 6.21. The zero-order valence-electron chi connectivity index (χ0n) is 10.1. The monoisotopic (exact) mass is 303 g/mol. The molecule has 1 aliphatic carbocycles. The summed E-state index contributed by atoms with van der Waals surface area (Å²) in [7, 11) is 0. The van der Waals surface area contributed by atoms with E-state index < -0.39 is 5.97 Å². The maximum absolute atomic E-state index is 11.1. The van der Waals surface area contributed by atoms with E-state index in [0.29, 0.717) is 5.13 Å². The van der Waals surface area contributed by atoms with Crippen molar-refractivity contribution >= 4 is 39.8 Å². The Labute approximate surface area is 119 Å². The van der Waals surface area contributed by atoms with Crippen molar-refractivity contribution in [2.24, 2.45) is 5.16 Å². The van der Waals surface area contributed by atoms with Gasteiger partial charge in [0, 0.05) is 10.8 Å². The second-order valence-corrected chi connectivity index (χ2v) is 5.80. The molecule has 1 heterocycles. The van der Waals surface area contributed by atoms with Crippen LogP contribution in [0.4, 0.5) is 5.13 Å². The van der Waals surface area contributed by atoms with Crippen LogP contribution in [0.25, 0.3) is 0 Å². The van der Waals surface area contributed by atoms with E-state index in [0.717, 1.165) is 37.0 Å². The fraction of sp³-hybridized carbons (Fsp3) is 0.545. The van der Waals surface area contributed by atoms with E-state index in [1.807, 2.05) is 0 Å². The number of nitrogens with two attached hydrogens (primary N) is 1. The topological polar surface area (TPSA) is 97.8 Å². The standard InChI is InChI=1S/C11H14ClN3O3S/c12-6-1-3-7(4-2-6)18-15-9(10(16)17)8-5-19-11(13)14-8/h5-7H,1-4H2,(H2,13,14)(H,16,17)/t6-,7+. The number of rotatable bonds is 4. The van der Waals surface area contributed by atoms with Gasteiger partial charge in [-0.3, -0.25) is 0 Å². The van der Waals surface area contributed by atoms with Crippen LogP contribution in [-0.4, -0.2) is 33.3 Å². The lowest BCUT2D eigenvalue weighted by atomic mass is 9.97. The highest BCUT2D eigenvalue weighted by atomic mass is 35.5. The van der Waals surface area contributed by atoms with Crippen LogP contribution >= 0.6 is 22.9 Å². The molecule has 1 aromatic heterocycles. The van der Waals surface area contributed by atoms with Crippen LogP contribution in [-0.2, 0) is 9.63 Å². The smallest absolute Gasteiger partial charge is 0.360 e. The van der Waals surface area contributed by atoms with E-state index in [1.54, 1.807) is 5.38 Å². The number of carbonyl (C=O) groups is 1. The number of aliphatic carboxylic acids is 1. The molecule has 2 rings (SSSR count). The molecule has 0 aliphatic heterocycles. The highest BCUT2D eigenvalue weighted by molar-refractivity contribution is 7.13. The number of nitrogen functional groups attached to an aromatic ring is 1. The summed E-state index contributed by atoms with van der Waals surface area (Å²) in [4.78, 5) is 20.3. The number of nitrogens with zero attached hydrogens (tertiary/aromatic N) is 2. The normalized spacial score (nSPS) is 24.2. The Morgan fingerprint density at radius 1 is 1.53 bits per heavy atom. The highest BCUT2D eigenvalue weighted by Gasteiger charge is 2.22. The van der Waals surface area contributed by atoms with Crippen molar-refractivity contribution in [1.29, 1.82) is 0 Å². The molecule has 0 bridgehead atoms. The average molecular weight is 304 g/mol. The SMILES string of the molecule is Nc1nc(C(=NO[C@H]2CC[C@@H](Cl)CC2)C(=O)O)cs1. The maximum atomic E-state index is 11.1. The van der Waals surface area contributed by atoms with Crippen molar-refractivity contribution in [1.82, 2.24) is 4.98 Å². The number of hydrogen-bond acceptors (Lipinski definition) is 6. The largest absolute Gasteiger partial charge is 0.476 e. The van der Waals surface area contributed by atoms with Crippen molar-refractivity contribution in [2.45, 2.75) is 37.2 Å². The third-order valence-corrected chi connectivity index (χ3v) is 3.97. The lowest BCUT2D eigenvalue weighted by Gasteiger charge is -2.22. The number of carboxylic acid groups (broad SMARTS) is 1. The molecule has 6 nitrogen and oxygen atoms in total. The first-order chi connectivity index (χ1) is 9.06. The van der Waals surface area contributed by atoms with Crippen molar-refractivity contribution in [3.05, 3.63) is 11.1 Å². The molecule has 0 unspecified atom stereocenters. The molecular weight excluding hydrogens is 290 g/mol. The molecule has 1 fully saturated rings. The third-order valence-electron chi connectivity index (χ3n) is 2.86. The minimum absolute atomic E-state index is 0.0830. The Morgan fingerprint density at radius 3 is 2.74 bits per heavy atom. The van der Waals surface area contributed by atoms with Gasteiger partial charge in [0.2, 0.25) is 5.71 Å². The molecule has 1 aliphatic rings. The number of hydrogen-bond donors (Lipinski definition) is 2. The van der Waals surface area contributed by atoms with Crippen LogP contribution in [0.2, 0.25) is 0 Å². The summed E-state index contributed by atoms with van der Waals surface area (Å²) in [5.41, 5.74) is 5.48. The summed E-state index contributed by atoms with van der Waals surface area (Å²) in [6.45, 7) is 0. The molecule has 0 amide bonds. The van der Waals surface area contributed by atoms with Gasteiger partial charge in [-0.15, -0.1) is 22.9 Å². The molecule has 1 aromatic rings. The van der Waals surface area contributed by atoms with Gasteiger partial charge in [0.1, 0.15) is 11.8 Å². The van der Waals surface area contributed by atoms with Gasteiger partial charge in [-0.1, -0.05) is 5.16 Å². The van der Waals surface area contributed by atoms with Crippen LogP contribution in [0.3, 0.4) is 0 Å². The van der Waals surface area contributed by atoms with E-state index >= 15 is 0 Å². The summed E-state index contributed by atoms with van der Waals surface area (Å²) in [5, 5.41) is 14.8. The van der Waals surface area contributed by atoms with Crippen LogP contribution < -0.4 is 5.73 Å². The van der Waals surface area contributed by atoms with E-state index in [2.05, 4.69) is 10.1 Å². The molecule has 1 saturated carbocycles. The number of carboxylic acids is 1. The molecule has 104 valence electrons. The Bertz CT molecular complexity index is 483. The first-order valence-electron chi connectivity index (χ1n) is 5.89. The molecular formula is C11H14ClN3O3S. The van der Waals surface area contributed by atoms with Gasteiger partial charge in [-0.2, -0.15) is 0 Å². The number of aromatic nitrogens is 1. The summed E-state index contributed by atoms with van der Waals surface area (Å²) in [6.07, 6.45) is 3.19. The summed E-state index contributed by atoms with van der Waals surface area (Å²) >= 11 is 7.15. The number of alkyl halides is 1. The zero-order chi connectivity index (χ0) is 13.8. The van der Waals surface area contributed by atoms with Gasteiger partial charge in [-0.05, 0) is 25.7 Å². The Morgan fingerprint density at radius 2 is 2.21 bits per heavy atom. The minimum Gasteiger partial charge on any atom is -0.476 e. The van der Waals surface area contributed by atoms with Crippen molar-refractivity contribution < 1.29 is 14.7 Å². The van der Waals surface area contributed by atoms with E-state index in [1.165, 1.54) is 0 Å². The average Bonchev–Trinajstić information content (AvgIpc) is 2.78. The van der Waals surface area contributed by atoms with Crippen LogP contribution in [0.15, 0.2) is 10.5 Å². The van der Waals surface area contributed by atoms with Gasteiger partial charge in [0.25, 0.3) is 0 Å². The van der Waals surface area contributed by atoms with E-state index in [9.17, 15) is 4.79 Å². The highest BCUT2D eigenvalue weighted by Crippen LogP contribution is 2.25. The van der Waals surface area contributed by atoms with Gasteiger partial charge in [0.15, 0.2) is 5.13 Å². The van der Waals surface area contributed by atoms with Crippen LogP contribution in [0.5, 0.6) is 0 Å². The predicted molar refractivity (Wildman–Crippen MR) is 73.7 cm³/mol. The van der Waals surface area contributed by atoms with Gasteiger partial charge in [-0.25, -0.2) is 9.78 Å². The first kappa shape index (κ1) is 14.1. The van der Waals surface area contributed by atoms with Crippen molar-refractivity contribution in [2.75, 3.05) is 5.73 Å². The van der Waals surface area contributed by atoms with Gasteiger partial charge >= 0.3 is 5.97 Å². The molecule has 0 spiro atoms. The van der Waals surface area contributed by atoms with Crippen LogP contribution in [0.1, 0.15) is 31.4 Å². The molecule has 0 radical (unpaired) electrons. The third kappa shape index (κ3) is 3.81. The fourth-order valence-corrected chi connectivity index (χ4v) is 2.65. The Balaban J connectivity index is 2.03. The number of halogens is 1. The van der Waals surface area contributed by atoms with E-state index in [4.69, 9.17) is 27.3 Å². The zero-order valence-corrected chi connectivity index (χ0v) is 11.7. The van der Waals surface area contributed by atoms with Crippen LogP contribution in [0, 0.1) is 0 Å². The first-order valence-corrected chi connectivity index (χ1v) is 7.20. The molecule has 3 N–H and O–H groups in total. The number of anilines is 1. The number of oxime groups is 1. The quantitative estimate of drug-likeness (QED) is 0.504. The van der Waals surface area contributed by atoms with Crippen molar-refractivity contribution in [3.63, 3.8) is 0 Å². The Kier molecular flexibility index (Phi) is 4.60. The number of thiazole rings is 1. The maximum Gasteiger partial charge on any atom is 0.360 e. The van der Waals surface area contributed by atoms with E-state index in [-0.39, 0.29) is 22.9 Å². The Hall–Kier alpha value is -1.34. The predicted octanol–water partition coefficient (Wildman–Crippen LogP) is 2.08. The van der Waals surface area contributed by atoms with Gasteiger partial charge < -0.3 is 15.7 Å². The summed E-state index contributed by atoms with van der Waals surface area (Å²) in [5.74, 6) is -1.18. The molecule has 0 aromatic carbocycles. The molecule has 19 heavy (non-hydrogen) atoms.